The molecule has 3 aromatic carbocycles. The van der Waals surface area contributed by atoms with Gasteiger partial charge in [-0.15, -0.1) is 0 Å². The van der Waals surface area contributed by atoms with Crippen molar-refractivity contribution in [3.63, 3.8) is 0 Å². The van der Waals surface area contributed by atoms with E-state index >= 15 is 0 Å². The van der Waals surface area contributed by atoms with E-state index < -0.39 is 5.92 Å². The Morgan fingerprint density at radius 3 is 2.43 bits per heavy atom. The van der Waals surface area contributed by atoms with E-state index in [0.717, 1.165) is 16.9 Å². The predicted molar refractivity (Wildman–Crippen MR) is 143 cm³/mol. The lowest BCUT2D eigenvalue weighted by atomic mass is 9.67. The smallest absolute Gasteiger partial charge is 0.167 e. The van der Waals surface area contributed by atoms with Crippen molar-refractivity contribution in [1.29, 1.82) is 0 Å². The lowest BCUT2D eigenvalue weighted by molar-refractivity contribution is 0.0431. The van der Waals surface area contributed by atoms with Crippen molar-refractivity contribution in [2.45, 2.75) is 31.8 Å². The number of ketones is 1. The molecule has 4 rings (SSSR count). The predicted octanol–water partition coefficient (Wildman–Crippen LogP) is 5.87. The number of halogens is 1. The molecule has 0 aromatic heterocycles. The molecule has 0 N–H and O–H groups in total. The summed E-state index contributed by atoms with van der Waals surface area (Å²) in [5.74, 6) is 0.378. The molecule has 5 nitrogen and oxygen atoms in total. The lowest BCUT2D eigenvalue weighted by Gasteiger charge is -2.45. The SMILES string of the molecule is COc1cccc(C(=O)[C@H]2CN(C[C@H](C)OC)C[C@H](c3ccccc3OC)[C@H]2c2cccc(F)c2C)c1. The highest BCUT2D eigenvalue weighted by molar-refractivity contribution is 5.99. The number of Topliss-reactive ketones (excluding diaryl/α,β-unsaturated/α-hetero) is 1. The van der Waals surface area contributed by atoms with Gasteiger partial charge in [-0.05, 0) is 54.8 Å². The highest BCUT2D eigenvalue weighted by Gasteiger charge is 2.44. The molecule has 1 aliphatic rings. The van der Waals surface area contributed by atoms with Crippen LogP contribution in [-0.2, 0) is 4.74 Å². The van der Waals surface area contributed by atoms with Gasteiger partial charge in [0.2, 0.25) is 0 Å². The van der Waals surface area contributed by atoms with Crippen LogP contribution in [0.2, 0.25) is 0 Å². The fourth-order valence-corrected chi connectivity index (χ4v) is 5.65. The molecule has 1 saturated heterocycles. The van der Waals surface area contributed by atoms with E-state index in [2.05, 4.69) is 11.0 Å². The van der Waals surface area contributed by atoms with E-state index in [-0.39, 0.29) is 29.5 Å². The summed E-state index contributed by atoms with van der Waals surface area (Å²) in [6.07, 6.45) is -0.00153. The molecule has 0 amide bonds. The Hall–Kier alpha value is -3.22. The van der Waals surface area contributed by atoms with Crippen molar-refractivity contribution in [3.8, 4) is 11.5 Å². The van der Waals surface area contributed by atoms with Crippen molar-refractivity contribution in [2.75, 3.05) is 41.0 Å². The van der Waals surface area contributed by atoms with Crippen LogP contribution >= 0.6 is 0 Å². The first-order chi connectivity index (χ1) is 17.9. The van der Waals surface area contributed by atoms with Gasteiger partial charge in [-0.2, -0.15) is 0 Å². The number of likely N-dealkylation sites (tertiary alicyclic amines) is 1. The topological polar surface area (TPSA) is 48.0 Å². The highest BCUT2D eigenvalue weighted by Crippen LogP contribution is 2.47. The zero-order valence-corrected chi connectivity index (χ0v) is 22.2. The lowest BCUT2D eigenvalue weighted by Crippen LogP contribution is -2.49. The van der Waals surface area contributed by atoms with Crippen molar-refractivity contribution in [3.05, 3.63) is 94.8 Å². The number of piperidine rings is 1. The molecule has 0 saturated carbocycles. The Kier molecular flexibility index (Phi) is 8.62. The maximum absolute atomic E-state index is 14.9. The van der Waals surface area contributed by atoms with Crippen LogP contribution in [0.25, 0.3) is 0 Å². The van der Waals surface area contributed by atoms with E-state index in [1.54, 1.807) is 40.4 Å². The summed E-state index contributed by atoms with van der Waals surface area (Å²) in [4.78, 5) is 16.5. The van der Waals surface area contributed by atoms with Gasteiger partial charge in [-0.1, -0.05) is 42.5 Å². The number of benzene rings is 3. The second-order valence-corrected chi connectivity index (χ2v) is 9.80. The van der Waals surface area contributed by atoms with Gasteiger partial charge < -0.3 is 14.2 Å². The number of hydrogen-bond donors (Lipinski definition) is 0. The van der Waals surface area contributed by atoms with Crippen molar-refractivity contribution in [1.82, 2.24) is 4.90 Å². The standard InChI is InChI=1S/C31H36FNO4/c1-20(35-3)17-33-18-26(25-12-6-7-15-29(25)37-5)30(24-13-9-14-28(32)21(24)2)27(19-33)31(34)22-10-8-11-23(16-22)36-4/h6-16,20,26-27,30H,17-19H2,1-5H3/t20-,26+,27-,30+/m0/s1. The van der Waals surface area contributed by atoms with E-state index in [9.17, 15) is 9.18 Å². The van der Waals surface area contributed by atoms with Gasteiger partial charge in [0.05, 0.1) is 20.3 Å². The molecule has 3 aromatic rings. The number of nitrogens with zero attached hydrogens (tertiary/aromatic N) is 1. The Morgan fingerprint density at radius 1 is 0.973 bits per heavy atom. The largest absolute Gasteiger partial charge is 0.497 e. The normalized spacial score (nSPS) is 20.9. The van der Waals surface area contributed by atoms with Gasteiger partial charge in [0, 0.05) is 50.1 Å². The zero-order chi connectivity index (χ0) is 26.5. The van der Waals surface area contributed by atoms with Crippen LogP contribution in [0.5, 0.6) is 11.5 Å². The Balaban J connectivity index is 1.89. The molecular weight excluding hydrogens is 469 g/mol. The quantitative estimate of drug-likeness (QED) is 0.341. The van der Waals surface area contributed by atoms with Crippen LogP contribution in [0, 0.1) is 18.7 Å². The van der Waals surface area contributed by atoms with Crippen LogP contribution in [0.3, 0.4) is 0 Å². The first-order valence-electron chi connectivity index (χ1n) is 12.7. The molecule has 4 atom stereocenters. The number of para-hydroxylation sites is 1. The zero-order valence-electron chi connectivity index (χ0n) is 22.2. The number of hydrogen-bond acceptors (Lipinski definition) is 5. The Bertz CT molecular complexity index is 1230. The molecular formula is C31H36FNO4. The summed E-state index contributed by atoms with van der Waals surface area (Å²) in [7, 11) is 4.95. The van der Waals surface area contributed by atoms with Crippen molar-refractivity contribution < 1.29 is 23.4 Å². The maximum Gasteiger partial charge on any atom is 0.167 e. The van der Waals surface area contributed by atoms with E-state index in [4.69, 9.17) is 14.2 Å². The molecule has 37 heavy (non-hydrogen) atoms. The highest BCUT2D eigenvalue weighted by atomic mass is 19.1. The number of methoxy groups -OCH3 is 3. The molecule has 0 unspecified atom stereocenters. The molecule has 1 fully saturated rings. The molecule has 0 aliphatic carbocycles. The molecule has 0 spiro atoms. The van der Waals surface area contributed by atoms with Crippen LogP contribution < -0.4 is 9.47 Å². The molecule has 0 bridgehead atoms. The van der Waals surface area contributed by atoms with Crippen molar-refractivity contribution >= 4 is 5.78 Å². The molecule has 6 heteroatoms. The Labute approximate surface area is 219 Å². The second-order valence-electron chi connectivity index (χ2n) is 9.80. The molecule has 0 radical (unpaired) electrons. The van der Waals surface area contributed by atoms with Gasteiger partial charge in [-0.3, -0.25) is 9.69 Å². The minimum atomic E-state index is -0.416. The van der Waals surface area contributed by atoms with Gasteiger partial charge >= 0.3 is 0 Å². The van der Waals surface area contributed by atoms with Gasteiger partial charge in [0.15, 0.2) is 5.78 Å². The average molecular weight is 506 g/mol. The number of ether oxygens (including phenoxy) is 3. The molecule has 1 aliphatic heterocycles. The maximum atomic E-state index is 14.9. The second kappa shape index (κ2) is 11.9. The minimum Gasteiger partial charge on any atom is -0.497 e. The van der Waals surface area contributed by atoms with Crippen LogP contribution in [0.1, 0.15) is 45.8 Å². The van der Waals surface area contributed by atoms with Crippen molar-refractivity contribution in [2.24, 2.45) is 5.92 Å². The van der Waals surface area contributed by atoms with Gasteiger partial charge in [-0.25, -0.2) is 4.39 Å². The third-order valence-corrected chi connectivity index (χ3v) is 7.59. The number of rotatable bonds is 9. The van der Waals surface area contributed by atoms with Crippen LogP contribution in [-0.4, -0.2) is 57.8 Å². The van der Waals surface area contributed by atoms with E-state index in [0.29, 0.717) is 36.5 Å². The summed E-state index contributed by atoms with van der Waals surface area (Å²) >= 11 is 0. The Morgan fingerprint density at radius 2 is 1.70 bits per heavy atom. The molecule has 196 valence electrons. The first kappa shape index (κ1) is 26.8. The fourth-order valence-electron chi connectivity index (χ4n) is 5.65. The van der Waals surface area contributed by atoms with Gasteiger partial charge in [0.25, 0.3) is 0 Å². The minimum absolute atomic E-state index is 0.00153. The summed E-state index contributed by atoms with van der Waals surface area (Å²) < 4.78 is 31.6. The average Bonchev–Trinajstić information content (AvgIpc) is 2.93. The van der Waals surface area contributed by atoms with Gasteiger partial charge in [0.1, 0.15) is 17.3 Å². The third kappa shape index (κ3) is 5.71. The first-order valence-corrected chi connectivity index (χ1v) is 12.7. The summed E-state index contributed by atoms with van der Waals surface area (Å²) in [5, 5.41) is 0. The number of carbonyl (C=O) groups excluding carboxylic acids is 1. The van der Waals surface area contributed by atoms with Crippen LogP contribution in [0.4, 0.5) is 4.39 Å². The summed E-state index contributed by atoms with van der Waals surface area (Å²) in [5.41, 5.74) is 3.03. The van der Waals surface area contributed by atoms with E-state index in [1.807, 2.05) is 49.4 Å². The summed E-state index contributed by atoms with van der Waals surface area (Å²) in [6, 6.07) is 20.4. The molecule has 1 heterocycles. The monoisotopic (exact) mass is 505 g/mol. The third-order valence-electron chi connectivity index (χ3n) is 7.59. The summed E-state index contributed by atoms with van der Waals surface area (Å²) in [6.45, 7) is 5.74. The van der Waals surface area contributed by atoms with Crippen LogP contribution in [0.15, 0.2) is 66.7 Å². The fraction of sp³-hybridized carbons (Fsp3) is 0.387. The van der Waals surface area contributed by atoms with E-state index in [1.165, 1.54) is 6.07 Å². The number of carbonyl (C=O) groups is 1.